The molecule has 0 bridgehead atoms. The first kappa shape index (κ1) is 22.3. The van der Waals surface area contributed by atoms with E-state index in [1.54, 1.807) is 10.5 Å². The molecule has 0 amide bonds. The molecule has 2 aromatic rings. The third-order valence-electron chi connectivity index (χ3n) is 7.57. The largest absolute Gasteiger partial charge is 0.353 e. The van der Waals surface area contributed by atoms with E-state index < -0.39 is 16.4 Å². The van der Waals surface area contributed by atoms with Gasteiger partial charge in [0.2, 0.25) is 16.0 Å². The standard InChI is InChI=1S/C22H29F2N7O2S/c23-19(24)17-9-14-10-26-21(27-15-3-7-31(8-4-15)34(32,33)16-1-2-16)29-18(14)20(28-17)30-12-22(13-30)5-6-25-11-22/h9-10,15-16,19,25H,1-8,11-13H2,(H,26,27,29). The number of piperidine rings is 1. The van der Waals surface area contributed by atoms with Gasteiger partial charge in [0.25, 0.3) is 6.43 Å². The number of pyridine rings is 1. The maximum absolute atomic E-state index is 13.5. The highest BCUT2D eigenvalue weighted by Gasteiger charge is 2.46. The fourth-order valence-corrected chi connectivity index (χ4v) is 7.31. The maximum Gasteiger partial charge on any atom is 0.280 e. The number of rotatable bonds is 6. The van der Waals surface area contributed by atoms with E-state index in [-0.39, 0.29) is 22.4 Å². The Morgan fingerprint density at radius 2 is 1.91 bits per heavy atom. The molecule has 3 aliphatic heterocycles. The van der Waals surface area contributed by atoms with E-state index in [1.807, 2.05) is 4.90 Å². The lowest BCUT2D eigenvalue weighted by Gasteiger charge is -2.48. The second-order valence-electron chi connectivity index (χ2n) is 10.1. The van der Waals surface area contributed by atoms with Gasteiger partial charge in [0.15, 0.2) is 5.82 Å². The molecule has 1 aliphatic carbocycles. The summed E-state index contributed by atoms with van der Waals surface area (Å²) in [6.07, 6.45) is 2.86. The molecule has 12 heteroatoms. The van der Waals surface area contributed by atoms with Gasteiger partial charge in [-0.25, -0.2) is 36.5 Å². The number of fused-ring (bicyclic) bond motifs is 1. The second kappa shape index (κ2) is 8.20. The van der Waals surface area contributed by atoms with Crippen LogP contribution in [0.4, 0.5) is 20.5 Å². The van der Waals surface area contributed by atoms with Gasteiger partial charge in [-0.2, -0.15) is 0 Å². The molecule has 3 saturated heterocycles. The molecule has 0 aromatic carbocycles. The number of hydrogen-bond donors (Lipinski definition) is 2. The smallest absolute Gasteiger partial charge is 0.280 e. The average Bonchev–Trinajstić information content (AvgIpc) is 3.55. The third-order valence-corrected chi connectivity index (χ3v) is 9.97. The second-order valence-corrected chi connectivity index (χ2v) is 12.4. The van der Waals surface area contributed by atoms with Crippen LogP contribution in [0.2, 0.25) is 0 Å². The molecule has 34 heavy (non-hydrogen) atoms. The lowest BCUT2D eigenvalue weighted by atomic mass is 9.79. The average molecular weight is 494 g/mol. The Kier molecular flexibility index (Phi) is 5.38. The SMILES string of the molecule is O=S(=O)(C1CC1)N1CCC(Nc2ncc3cc(C(F)F)nc(N4CC5(CCNC5)C4)c3n2)CC1. The number of sulfonamides is 1. The molecule has 1 spiro atoms. The quantitative estimate of drug-likeness (QED) is 0.631. The molecule has 0 atom stereocenters. The van der Waals surface area contributed by atoms with Crippen molar-refractivity contribution in [3.63, 3.8) is 0 Å². The Labute approximate surface area is 197 Å². The van der Waals surface area contributed by atoms with Crippen LogP contribution in [-0.2, 0) is 10.0 Å². The topological polar surface area (TPSA) is 103 Å². The van der Waals surface area contributed by atoms with E-state index >= 15 is 0 Å². The normalized spacial score (nSPS) is 23.7. The zero-order valence-electron chi connectivity index (χ0n) is 18.9. The molecule has 1 saturated carbocycles. The van der Waals surface area contributed by atoms with Crippen LogP contribution in [0.25, 0.3) is 10.9 Å². The van der Waals surface area contributed by atoms with Crippen molar-refractivity contribution in [2.45, 2.75) is 49.8 Å². The van der Waals surface area contributed by atoms with Gasteiger partial charge in [-0.15, -0.1) is 0 Å². The Bertz CT molecular complexity index is 1190. The van der Waals surface area contributed by atoms with E-state index in [0.29, 0.717) is 48.6 Å². The van der Waals surface area contributed by atoms with Crippen molar-refractivity contribution in [1.82, 2.24) is 24.6 Å². The van der Waals surface area contributed by atoms with Gasteiger partial charge in [-0.05, 0) is 44.7 Å². The minimum atomic E-state index is -3.15. The van der Waals surface area contributed by atoms with Crippen LogP contribution in [0.1, 0.15) is 44.2 Å². The first-order chi connectivity index (χ1) is 16.3. The van der Waals surface area contributed by atoms with Crippen molar-refractivity contribution >= 4 is 32.7 Å². The van der Waals surface area contributed by atoms with E-state index in [9.17, 15) is 17.2 Å². The zero-order valence-corrected chi connectivity index (χ0v) is 19.7. The molecule has 184 valence electrons. The number of hydrogen-bond acceptors (Lipinski definition) is 8. The molecular formula is C22H29F2N7O2S. The molecule has 9 nitrogen and oxygen atoms in total. The van der Waals surface area contributed by atoms with Gasteiger partial charge in [0.05, 0.1) is 5.25 Å². The van der Waals surface area contributed by atoms with E-state index in [1.165, 1.54) is 6.07 Å². The number of nitrogens with one attached hydrogen (secondary N) is 2. The van der Waals surface area contributed by atoms with Crippen LogP contribution in [0.15, 0.2) is 12.3 Å². The Balaban J connectivity index is 1.21. The van der Waals surface area contributed by atoms with Crippen LogP contribution in [0.3, 0.4) is 0 Å². The highest BCUT2D eigenvalue weighted by molar-refractivity contribution is 7.90. The Morgan fingerprint density at radius 3 is 2.56 bits per heavy atom. The summed E-state index contributed by atoms with van der Waals surface area (Å²) in [5, 5.41) is 7.07. The van der Waals surface area contributed by atoms with E-state index in [0.717, 1.165) is 45.4 Å². The van der Waals surface area contributed by atoms with E-state index in [4.69, 9.17) is 0 Å². The van der Waals surface area contributed by atoms with Gasteiger partial charge in [-0.3, -0.25) is 0 Å². The van der Waals surface area contributed by atoms with Crippen LogP contribution in [0, 0.1) is 5.41 Å². The highest BCUT2D eigenvalue weighted by Crippen LogP contribution is 2.41. The van der Waals surface area contributed by atoms with Crippen LogP contribution in [0.5, 0.6) is 0 Å². The van der Waals surface area contributed by atoms with Crippen molar-refractivity contribution in [2.24, 2.45) is 5.41 Å². The zero-order chi connectivity index (χ0) is 23.5. The first-order valence-electron chi connectivity index (χ1n) is 12.0. The highest BCUT2D eigenvalue weighted by atomic mass is 32.2. The van der Waals surface area contributed by atoms with Gasteiger partial charge in [-0.1, -0.05) is 0 Å². The van der Waals surface area contributed by atoms with Gasteiger partial charge < -0.3 is 15.5 Å². The molecular weight excluding hydrogens is 464 g/mol. The van der Waals surface area contributed by atoms with Gasteiger partial charge >= 0.3 is 0 Å². The third kappa shape index (κ3) is 3.99. The molecule has 6 rings (SSSR count). The fourth-order valence-electron chi connectivity index (χ4n) is 5.44. The number of alkyl halides is 2. The van der Waals surface area contributed by atoms with Crippen molar-refractivity contribution in [3.8, 4) is 0 Å². The lowest BCUT2D eigenvalue weighted by molar-refractivity contribution is 0.146. The Morgan fingerprint density at radius 1 is 1.15 bits per heavy atom. The molecule has 2 N–H and O–H groups in total. The number of nitrogens with zero attached hydrogens (tertiary/aromatic N) is 5. The summed E-state index contributed by atoms with van der Waals surface area (Å²) in [5.41, 5.74) is 0.496. The predicted molar refractivity (Wildman–Crippen MR) is 125 cm³/mol. The summed E-state index contributed by atoms with van der Waals surface area (Å²) < 4.78 is 53.6. The summed E-state index contributed by atoms with van der Waals surface area (Å²) >= 11 is 0. The van der Waals surface area contributed by atoms with Crippen molar-refractivity contribution in [3.05, 3.63) is 18.0 Å². The summed E-state index contributed by atoms with van der Waals surface area (Å²) in [6.45, 7) is 4.44. The minimum absolute atomic E-state index is 0.0525. The van der Waals surface area contributed by atoms with E-state index in [2.05, 4.69) is 25.6 Å². The van der Waals surface area contributed by atoms with Crippen molar-refractivity contribution in [2.75, 3.05) is 49.5 Å². The number of aromatic nitrogens is 3. The maximum atomic E-state index is 13.5. The van der Waals surface area contributed by atoms with Gasteiger partial charge in [0, 0.05) is 55.8 Å². The van der Waals surface area contributed by atoms with Gasteiger partial charge in [0.1, 0.15) is 11.2 Å². The van der Waals surface area contributed by atoms with Crippen LogP contribution in [-0.4, -0.2) is 78.2 Å². The Hall–Kier alpha value is -2.18. The molecule has 2 aromatic heterocycles. The first-order valence-corrected chi connectivity index (χ1v) is 13.5. The van der Waals surface area contributed by atoms with Crippen molar-refractivity contribution in [1.29, 1.82) is 0 Å². The molecule has 5 heterocycles. The summed E-state index contributed by atoms with van der Waals surface area (Å²) in [5.74, 6) is 0.905. The van der Waals surface area contributed by atoms with Crippen molar-refractivity contribution < 1.29 is 17.2 Å². The molecule has 4 fully saturated rings. The van der Waals surface area contributed by atoms with Crippen LogP contribution >= 0.6 is 0 Å². The predicted octanol–water partition coefficient (Wildman–Crippen LogP) is 2.13. The summed E-state index contributed by atoms with van der Waals surface area (Å²) in [6, 6.07) is 1.41. The molecule has 0 unspecified atom stereocenters. The number of halogens is 2. The van der Waals surface area contributed by atoms with Crippen LogP contribution < -0.4 is 15.5 Å². The summed E-state index contributed by atoms with van der Waals surface area (Å²) in [4.78, 5) is 15.4. The minimum Gasteiger partial charge on any atom is -0.353 e. The number of anilines is 2. The lowest BCUT2D eigenvalue weighted by Crippen LogP contribution is -2.58. The monoisotopic (exact) mass is 493 g/mol. The fraction of sp³-hybridized carbons (Fsp3) is 0.682. The molecule has 0 radical (unpaired) electrons. The molecule has 4 aliphatic rings. The summed E-state index contributed by atoms with van der Waals surface area (Å²) in [7, 11) is -3.15.